The zero-order valence-corrected chi connectivity index (χ0v) is 15.9. The maximum Gasteiger partial charge on any atom is 0.154 e. The molecule has 0 aliphatic carbocycles. The van der Waals surface area contributed by atoms with Gasteiger partial charge in [-0.3, -0.25) is 0 Å². The summed E-state index contributed by atoms with van der Waals surface area (Å²) in [5.41, 5.74) is 0.417. The van der Waals surface area contributed by atoms with Crippen LogP contribution in [0.25, 0.3) is 0 Å². The third-order valence-electron chi connectivity index (χ3n) is 3.01. The molecule has 0 spiro atoms. The highest BCUT2D eigenvalue weighted by molar-refractivity contribution is 9.13. The summed E-state index contributed by atoms with van der Waals surface area (Å²) in [6, 6.07) is 4.13. The van der Waals surface area contributed by atoms with E-state index in [4.69, 9.17) is 9.47 Å². The average Bonchev–Trinajstić information content (AvgIpc) is 2.53. The Balaban J connectivity index is 3.29. The van der Waals surface area contributed by atoms with Gasteiger partial charge in [0.1, 0.15) is 23.3 Å². The highest BCUT2D eigenvalue weighted by Crippen LogP contribution is 2.45. The molecule has 0 bridgehead atoms. The summed E-state index contributed by atoms with van der Waals surface area (Å²) in [5.74, 6) is 0.782. The first kappa shape index (κ1) is 18.8. The van der Waals surface area contributed by atoms with E-state index in [9.17, 15) is 10.5 Å². The predicted molar refractivity (Wildman–Crippen MR) is 92.1 cm³/mol. The number of nitriles is 2. The van der Waals surface area contributed by atoms with Crippen LogP contribution in [0.3, 0.4) is 0 Å². The molecule has 0 aliphatic rings. The molecule has 0 saturated carbocycles. The molecule has 118 valence electrons. The summed E-state index contributed by atoms with van der Waals surface area (Å²) >= 11 is 6.87. The molecular weight excluding hydrogens is 412 g/mol. The van der Waals surface area contributed by atoms with Crippen LogP contribution in [0.1, 0.15) is 50.7 Å². The molecule has 1 rings (SSSR count). The van der Waals surface area contributed by atoms with E-state index in [1.165, 1.54) is 0 Å². The molecule has 0 fully saturated rings. The molecule has 1 aromatic carbocycles. The molecule has 0 amide bonds. The van der Waals surface area contributed by atoms with Crippen molar-refractivity contribution in [1.82, 2.24) is 0 Å². The third kappa shape index (κ3) is 4.38. The average molecular weight is 430 g/mol. The van der Waals surface area contributed by atoms with Gasteiger partial charge in [0, 0.05) is 0 Å². The van der Waals surface area contributed by atoms with E-state index in [2.05, 4.69) is 57.8 Å². The van der Waals surface area contributed by atoms with Crippen molar-refractivity contribution >= 4 is 31.9 Å². The van der Waals surface area contributed by atoms with Crippen molar-refractivity contribution in [2.75, 3.05) is 13.2 Å². The van der Waals surface area contributed by atoms with Crippen molar-refractivity contribution in [1.29, 1.82) is 10.5 Å². The van der Waals surface area contributed by atoms with Gasteiger partial charge in [-0.05, 0) is 44.7 Å². The first-order valence-electron chi connectivity index (χ1n) is 7.22. The lowest BCUT2D eigenvalue weighted by Gasteiger charge is -2.16. The summed E-state index contributed by atoms with van der Waals surface area (Å²) in [6.45, 7) is 5.12. The van der Waals surface area contributed by atoms with E-state index in [0.717, 1.165) is 25.7 Å². The molecule has 0 unspecified atom stereocenters. The quantitative estimate of drug-likeness (QED) is 0.525. The van der Waals surface area contributed by atoms with Crippen LogP contribution in [-0.2, 0) is 0 Å². The van der Waals surface area contributed by atoms with Crippen molar-refractivity contribution in [3.05, 3.63) is 20.1 Å². The fourth-order valence-corrected chi connectivity index (χ4v) is 2.75. The van der Waals surface area contributed by atoms with Crippen LogP contribution in [0, 0.1) is 22.7 Å². The highest BCUT2D eigenvalue weighted by atomic mass is 79.9. The molecule has 4 nitrogen and oxygen atoms in total. The van der Waals surface area contributed by atoms with Crippen molar-refractivity contribution < 1.29 is 9.47 Å². The van der Waals surface area contributed by atoms with E-state index in [1.807, 2.05) is 0 Å². The highest BCUT2D eigenvalue weighted by Gasteiger charge is 2.24. The summed E-state index contributed by atoms with van der Waals surface area (Å²) in [7, 11) is 0. The molecule has 0 heterocycles. The number of benzene rings is 1. The Bertz CT molecular complexity index is 551. The molecule has 22 heavy (non-hydrogen) atoms. The van der Waals surface area contributed by atoms with Crippen LogP contribution >= 0.6 is 31.9 Å². The van der Waals surface area contributed by atoms with E-state index < -0.39 is 0 Å². The van der Waals surface area contributed by atoms with E-state index >= 15 is 0 Å². The normalized spacial score (nSPS) is 9.91. The summed E-state index contributed by atoms with van der Waals surface area (Å²) < 4.78 is 12.6. The van der Waals surface area contributed by atoms with Crippen molar-refractivity contribution in [3.8, 4) is 23.6 Å². The maximum atomic E-state index is 9.43. The van der Waals surface area contributed by atoms with Gasteiger partial charge in [0.15, 0.2) is 11.5 Å². The van der Waals surface area contributed by atoms with Crippen molar-refractivity contribution in [2.45, 2.75) is 39.5 Å². The van der Waals surface area contributed by atoms with E-state index in [-0.39, 0.29) is 11.1 Å². The van der Waals surface area contributed by atoms with Gasteiger partial charge in [-0.2, -0.15) is 10.5 Å². The van der Waals surface area contributed by atoms with Crippen LogP contribution < -0.4 is 9.47 Å². The molecule has 1 aromatic rings. The topological polar surface area (TPSA) is 66.0 Å². The number of hydrogen-bond acceptors (Lipinski definition) is 4. The minimum absolute atomic E-state index is 0.208. The summed E-state index contributed by atoms with van der Waals surface area (Å²) in [5, 5.41) is 18.9. The monoisotopic (exact) mass is 428 g/mol. The lowest BCUT2D eigenvalue weighted by atomic mass is 10.1. The number of halogens is 2. The van der Waals surface area contributed by atoms with Crippen LogP contribution in [0.5, 0.6) is 11.5 Å². The van der Waals surface area contributed by atoms with Crippen LogP contribution in [0.4, 0.5) is 0 Å². The molecular formula is C16H18Br2N2O2. The molecule has 0 aliphatic heterocycles. The minimum atomic E-state index is 0.208. The van der Waals surface area contributed by atoms with Gasteiger partial charge in [0.05, 0.1) is 22.2 Å². The van der Waals surface area contributed by atoms with Gasteiger partial charge in [-0.15, -0.1) is 0 Å². The smallest absolute Gasteiger partial charge is 0.154 e. The standard InChI is InChI=1S/C16H18Br2N2O2/c1-3-5-7-21-15-11(9-19)12(10-20)16(14(18)13(15)17)22-8-6-4-2/h3-8H2,1-2H3. The molecule has 6 heteroatoms. The van der Waals surface area contributed by atoms with E-state index in [1.54, 1.807) is 0 Å². The Morgan fingerprint density at radius 3 is 1.45 bits per heavy atom. The predicted octanol–water partition coefficient (Wildman–Crippen LogP) is 5.31. The maximum absolute atomic E-state index is 9.43. The largest absolute Gasteiger partial charge is 0.491 e. The first-order valence-corrected chi connectivity index (χ1v) is 8.81. The summed E-state index contributed by atoms with van der Waals surface area (Å²) in [4.78, 5) is 0. The van der Waals surface area contributed by atoms with Gasteiger partial charge in [-0.25, -0.2) is 0 Å². The van der Waals surface area contributed by atoms with Crippen molar-refractivity contribution in [2.24, 2.45) is 0 Å². The Kier molecular flexibility index (Phi) is 8.30. The lowest BCUT2D eigenvalue weighted by molar-refractivity contribution is 0.296. The van der Waals surface area contributed by atoms with Crippen molar-refractivity contribution in [3.63, 3.8) is 0 Å². The first-order chi connectivity index (χ1) is 10.6. The zero-order valence-electron chi connectivity index (χ0n) is 12.7. The van der Waals surface area contributed by atoms with Gasteiger partial charge in [-0.1, -0.05) is 26.7 Å². The second-order valence-electron chi connectivity index (χ2n) is 4.66. The van der Waals surface area contributed by atoms with Crippen LogP contribution in [-0.4, -0.2) is 13.2 Å². The lowest BCUT2D eigenvalue weighted by Crippen LogP contribution is -2.06. The van der Waals surface area contributed by atoms with Gasteiger partial charge >= 0.3 is 0 Å². The Morgan fingerprint density at radius 2 is 1.18 bits per heavy atom. The summed E-state index contributed by atoms with van der Waals surface area (Å²) in [6.07, 6.45) is 3.74. The third-order valence-corrected chi connectivity index (χ3v) is 5.05. The Morgan fingerprint density at radius 1 is 0.818 bits per heavy atom. The van der Waals surface area contributed by atoms with Crippen LogP contribution in [0.15, 0.2) is 8.95 Å². The SMILES string of the molecule is CCCCOc1c(Br)c(Br)c(OCCCC)c(C#N)c1C#N. The molecule has 0 aromatic heterocycles. The number of ether oxygens (including phenoxy) is 2. The molecule has 0 radical (unpaired) electrons. The molecule has 0 saturated heterocycles. The second-order valence-corrected chi connectivity index (χ2v) is 6.25. The second kappa shape index (κ2) is 9.71. The number of rotatable bonds is 8. The van der Waals surface area contributed by atoms with Gasteiger partial charge in [0.2, 0.25) is 0 Å². The number of nitrogens with zero attached hydrogens (tertiary/aromatic N) is 2. The fourth-order valence-electron chi connectivity index (χ4n) is 1.77. The van der Waals surface area contributed by atoms with Gasteiger partial charge < -0.3 is 9.47 Å². The Labute approximate surface area is 148 Å². The molecule has 0 atom stereocenters. The zero-order chi connectivity index (χ0) is 16.5. The van der Waals surface area contributed by atoms with Gasteiger partial charge in [0.25, 0.3) is 0 Å². The molecule has 0 N–H and O–H groups in total. The minimum Gasteiger partial charge on any atom is -0.491 e. The number of hydrogen-bond donors (Lipinski definition) is 0. The van der Waals surface area contributed by atoms with E-state index in [0.29, 0.717) is 33.7 Å². The Hall–Kier alpha value is -1.24. The fraction of sp³-hybridized carbons (Fsp3) is 0.500. The number of unbranched alkanes of at least 4 members (excludes halogenated alkanes) is 2. The van der Waals surface area contributed by atoms with Crippen LogP contribution in [0.2, 0.25) is 0 Å².